The SMILES string of the molecule is CNC(=O)C(C)NC(=S)NCCOC. The summed E-state index contributed by atoms with van der Waals surface area (Å²) < 4.78 is 4.84. The van der Waals surface area contributed by atoms with E-state index in [1.807, 2.05) is 0 Å². The third kappa shape index (κ3) is 5.71. The highest BCUT2D eigenvalue weighted by molar-refractivity contribution is 7.80. The number of ether oxygens (including phenoxy) is 1. The average Bonchev–Trinajstić information content (AvgIpc) is 2.16. The van der Waals surface area contributed by atoms with Crippen LogP contribution in [0, 0.1) is 0 Å². The van der Waals surface area contributed by atoms with Crippen LogP contribution >= 0.6 is 12.2 Å². The van der Waals surface area contributed by atoms with Crippen molar-refractivity contribution < 1.29 is 9.53 Å². The van der Waals surface area contributed by atoms with Crippen LogP contribution in [0.1, 0.15) is 6.92 Å². The van der Waals surface area contributed by atoms with Crippen LogP contribution in [0.3, 0.4) is 0 Å². The second-order valence-electron chi connectivity index (χ2n) is 2.73. The summed E-state index contributed by atoms with van der Waals surface area (Å²) >= 11 is 4.95. The molecular formula is C8H17N3O2S. The number of carbonyl (C=O) groups excluding carboxylic acids is 1. The van der Waals surface area contributed by atoms with Crippen LogP contribution in [0.25, 0.3) is 0 Å². The second-order valence-corrected chi connectivity index (χ2v) is 3.14. The molecule has 0 saturated heterocycles. The highest BCUT2D eigenvalue weighted by Gasteiger charge is 2.10. The van der Waals surface area contributed by atoms with Crippen molar-refractivity contribution in [2.24, 2.45) is 0 Å². The van der Waals surface area contributed by atoms with E-state index in [0.717, 1.165) is 0 Å². The molecule has 82 valence electrons. The number of likely N-dealkylation sites (N-methyl/N-ethyl adjacent to an activating group) is 1. The molecule has 1 amide bonds. The molecule has 3 N–H and O–H groups in total. The zero-order valence-electron chi connectivity index (χ0n) is 8.72. The first kappa shape index (κ1) is 13.1. The predicted octanol–water partition coefficient (Wildman–Crippen LogP) is -0.769. The van der Waals surface area contributed by atoms with Crippen LogP contribution in [0.2, 0.25) is 0 Å². The molecule has 1 atom stereocenters. The quantitative estimate of drug-likeness (QED) is 0.419. The molecule has 0 aromatic rings. The monoisotopic (exact) mass is 219 g/mol. The summed E-state index contributed by atoms with van der Waals surface area (Å²) in [5, 5.41) is 8.73. The van der Waals surface area contributed by atoms with Gasteiger partial charge in [-0.05, 0) is 19.1 Å². The fourth-order valence-electron chi connectivity index (χ4n) is 0.796. The first-order chi connectivity index (χ1) is 6.61. The van der Waals surface area contributed by atoms with Gasteiger partial charge in [0.05, 0.1) is 6.61 Å². The van der Waals surface area contributed by atoms with E-state index in [0.29, 0.717) is 18.3 Å². The number of hydrogen-bond acceptors (Lipinski definition) is 3. The van der Waals surface area contributed by atoms with Gasteiger partial charge in [-0.15, -0.1) is 0 Å². The predicted molar refractivity (Wildman–Crippen MR) is 59.1 cm³/mol. The molecule has 0 spiro atoms. The Hall–Kier alpha value is -0.880. The van der Waals surface area contributed by atoms with Gasteiger partial charge in [-0.3, -0.25) is 4.79 Å². The van der Waals surface area contributed by atoms with E-state index >= 15 is 0 Å². The van der Waals surface area contributed by atoms with Crippen LogP contribution in [-0.2, 0) is 9.53 Å². The van der Waals surface area contributed by atoms with E-state index in [-0.39, 0.29) is 11.9 Å². The smallest absolute Gasteiger partial charge is 0.242 e. The molecule has 0 rings (SSSR count). The van der Waals surface area contributed by atoms with E-state index in [9.17, 15) is 4.79 Å². The Labute approximate surface area is 89.6 Å². The van der Waals surface area contributed by atoms with Gasteiger partial charge in [0.15, 0.2) is 5.11 Å². The van der Waals surface area contributed by atoms with Gasteiger partial charge in [-0.1, -0.05) is 0 Å². The van der Waals surface area contributed by atoms with Gasteiger partial charge in [-0.2, -0.15) is 0 Å². The van der Waals surface area contributed by atoms with Crippen molar-refractivity contribution in [3.05, 3.63) is 0 Å². The van der Waals surface area contributed by atoms with Gasteiger partial charge in [-0.25, -0.2) is 0 Å². The summed E-state index contributed by atoms with van der Waals surface area (Å²) in [6, 6.07) is -0.331. The van der Waals surface area contributed by atoms with Crippen molar-refractivity contribution in [2.75, 3.05) is 27.3 Å². The summed E-state index contributed by atoms with van der Waals surface area (Å²) in [4.78, 5) is 11.1. The first-order valence-corrected chi connectivity index (χ1v) is 4.77. The first-order valence-electron chi connectivity index (χ1n) is 4.36. The van der Waals surface area contributed by atoms with Crippen LogP contribution in [0.5, 0.6) is 0 Å². The Kier molecular flexibility index (Phi) is 7.04. The van der Waals surface area contributed by atoms with Crippen LogP contribution in [-0.4, -0.2) is 44.4 Å². The molecule has 0 saturated carbocycles. The molecule has 0 aromatic heterocycles. The molecule has 0 bridgehead atoms. The molecule has 0 aromatic carbocycles. The van der Waals surface area contributed by atoms with Crippen molar-refractivity contribution >= 4 is 23.2 Å². The molecule has 0 aliphatic heterocycles. The maximum Gasteiger partial charge on any atom is 0.242 e. The zero-order valence-corrected chi connectivity index (χ0v) is 9.53. The number of hydrogen-bond donors (Lipinski definition) is 3. The number of amides is 1. The fraction of sp³-hybridized carbons (Fsp3) is 0.750. The molecule has 5 nitrogen and oxygen atoms in total. The third-order valence-corrected chi connectivity index (χ3v) is 1.84. The van der Waals surface area contributed by atoms with Gasteiger partial charge >= 0.3 is 0 Å². The number of carbonyl (C=O) groups is 1. The largest absolute Gasteiger partial charge is 0.383 e. The average molecular weight is 219 g/mol. The van der Waals surface area contributed by atoms with Gasteiger partial charge < -0.3 is 20.7 Å². The number of thiocarbonyl (C=S) groups is 1. The molecule has 0 fully saturated rings. The maximum absolute atomic E-state index is 11.1. The fourth-order valence-corrected chi connectivity index (χ4v) is 1.08. The molecule has 0 heterocycles. The van der Waals surface area contributed by atoms with Crippen LogP contribution in [0.15, 0.2) is 0 Å². The zero-order chi connectivity index (χ0) is 11.0. The molecule has 6 heteroatoms. The van der Waals surface area contributed by atoms with Gasteiger partial charge in [0.1, 0.15) is 6.04 Å². The molecule has 0 aliphatic carbocycles. The standard InChI is InChI=1S/C8H17N3O2S/c1-6(7(12)9-2)11-8(14)10-4-5-13-3/h6H,4-5H2,1-3H3,(H,9,12)(H2,10,11,14). The summed E-state index contributed by atoms with van der Waals surface area (Å²) in [5.74, 6) is -0.0964. The normalized spacial score (nSPS) is 11.6. The lowest BCUT2D eigenvalue weighted by molar-refractivity contribution is -0.121. The van der Waals surface area contributed by atoms with E-state index in [1.54, 1.807) is 21.1 Å². The summed E-state index contributed by atoms with van der Waals surface area (Å²) in [7, 11) is 3.20. The molecule has 14 heavy (non-hydrogen) atoms. The lowest BCUT2D eigenvalue weighted by atomic mass is 10.3. The van der Waals surface area contributed by atoms with Crippen LogP contribution in [0.4, 0.5) is 0 Å². The minimum Gasteiger partial charge on any atom is -0.383 e. The lowest BCUT2D eigenvalue weighted by Gasteiger charge is -2.15. The summed E-state index contributed by atoms with van der Waals surface area (Å²) in [5.41, 5.74) is 0. The number of nitrogens with one attached hydrogen (secondary N) is 3. The number of rotatable bonds is 5. The van der Waals surface area contributed by atoms with Gasteiger partial charge in [0, 0.05) is 20.7 Å². The van der Waals surface area contributed by atoms with Gasteiger partial charge in [0.2, 0.25) is 5.91 Å². The minimum absolute atomic E-state index is 0.0964. The Balaban J connectivity index is 3.65. The Morgan fingerprint density at radius 3 is 2.71 bits per heavy atom. The van der Waals surface area contributed by atoms with E-state index < -0.39 is 0 Å². The highest BCUT2D eigenvalue weighted by atomic mass is 32.1. The van der Waals surface area contributed by atoms with Gasteiger partial charge in [0.25, 0.3) is 0 Å². The minimum atomic E-state index is -0.331. The van der Waals surface area contributed by atoms with E-state index in [1.165, 1.54) is 0 Å². The lowest BCUT2D eigenvalue weighted by Crippen LogP contribution is -2.48. The van der Waals surface area contributed by atoms with Crippen molar-refractivity contribution in [2.45, 2.75) is 13.0 Å². The Morgan fingerprint density at radius 1 is 1.57 bits per heavy atom. The Morgan fingerprint density at radius 2 is 2.21 bits per heavy atom. The summed E-state index contributed by atoms with van der Waals surface area (Å²) in [6.45, 7) is 2.95. The summed E-state index contributed by atoms with van der Waals surface area (Å²) in [6.07, 6.45) is 0. The third-order valence-electron chi connectivity index (χ3n) is 1.58. The van der Waals surface area contributed by atoms with Crippen molar-refractivity contribution in [3.8, 4) is 0 Å². The van der Waals surface area contributed by atoms with E-state index in [4.69, 9.17) is 17.0 Å². The van der Waals surface area contributed by atoms with Crippen molar-refractivity contribution in [1.82, 2.24) is 16.0 Å². The second kappa shape index (κ2) is 7.52. The molecule has 1 unspecified atom stereocenters. The molecule has 0 aliphatic rings. The Bertz CT molecular complexity index is 199. The maximum atomic E-state index is 11.1. The van der Waals surface area contributed by atoms with E-state index in [2.05, 4.69) is 16.0 Å². The molecular weight excluding hydrogens is 202 g/mol. The molecule has 0 radical (unpaired) electrons. The highest BCUT2D eigenvalue weighted by Crippen LogP contribution is 1.81. The van der Waals surface area contributed by atoms with Crippen molar-refractivity contribution in [3.63, 3.8) is 0 Å². The topological polar surface area (TPSA) is 62.4 Å². The van der Waals surface area contributed by atoms with Crippen molar-refractivity contribution in [1.29, 1.82) is 0 Å². The van der Waals surface area contributed by atoms with Crippen LogP contribution < -0.4 is 16.0 Å². The number of methoxy groups -OCH3 is 1.